The number of nitrogens with zero attached hydrogens (tertiary/aromatic N) is 2. The first kappa shape index (κ1) is 13.4. The quantitative estimate of drug-likeness (QED) is 0.658. The van der Waals surface area contributed by atoms with Gasteiger partial charge in [-0.3, -0.25) is 4.79 Å². The molecule has 4 N–H and O–H groups in total. The maximum atomic E-state index is 11.2. The highest BCUT2D eigenvalue weighted by Gasteiger charge is 2.11. The summed E-state index contributed by atoms with van der Waals surface area (Å²) in [5.41, 5.74) is 13.7. The number of nitrogens with two attached hydrogens (primary N) is 2. The molecule has 19 heavy (non-hydrogen) atoms. The third-order valence-corrected chi connectivity index (χ3v) is 3.44. The highest BCUT2D eigenvalue weighted by atomic mass is 32.2. The lowest BCUT2D eigenvalue weighted by Gasteiger charge is -2.08. The van der Waals surface area contributed by atoms with E-state index in [0.717, 1.165) is 16.3 Å². The van der Waals surface area contributed by atoms with Gasteiger partial charge in [0.1, 0.15) is 0 Å². The summed E-state index contributed by atoms with van der Waals surface area (Å²) >= 11 is 1.32. The molecule has 1 heterocycles. The number of benzene rings is 1. The molecule has 0 fully saturated rings. The van der Waals surface area contributed by atoms with E-state index in [1.807, 2.05) is 26.0 Å². The molecule has 0 spiro atoms. The summed E-state index contributed by atoms with van der Waals surface area (Å²) in [7, 11) is 0. The van der Waals surface area contributed by atoms with E-state index in [1.54, 1.807) is 12.1 Å². The number of hydrogen-bond acceptors (Lipinski definition) is 5. The van der Waals surface area contributed by atoms with Crippen LogP contribution < -0.4 is 11.5 Å². The van der Waals surface area contributed by atoms with Crippen molar-refractivity contribution in [1.82, 2.24) is 9.97 Å². The van der Waals surface area contributed by atoms with Gasteiger partial charge in [-0.2, -0.15) is 0 Å². The number of nitrogen functional groups attached to an aromatic ring is 1. The van der Waals surface area contributed by atoms with Crippen molar-refractivity contribution in [2.24, 2.45) is 5.73 Å². The zero-order valence-corrected chi connectivity index (χ0v) is 11.5. The molecule has 1 amide bonds. The van der Waals surface area contributed by atoms with Gasteiger partial charge in [0, 0.05) is 16.3 Å². The van der Waals surface area contributed by atoms with Gasteiger partial charge in [-0.1, -0.05) is 6.07 Å². The summed E-state index contributed by atoms with van der Waals surface area (Å²) in [4.78, 5) is 20.6. The van der Waals surface area contributed by atoms with Crippen molar-refractivity contribution in [3.05, 3.63) is 41.2 Å². The second kappa shape index (κ2) is 5.27. The molecule has 98 valence electrons. The Labute approximate surface area is 115 Å². The largest absolute Gasteiger partial charge is 0.397 e. The van der Waals surface area contributed by atoms with Gasteiger partial charge in [0.25, 0.3) is 5.91 Å². The predicted molar refractivity (Wildman–Crippen MR) is 75.0 cm³/mol. The third kappa shape index (κ3) is 3.03. The van der Waals surface area contributed by atoms with Gasteiger partial charge in [-0.05, 0) is 43.8 Å². The second-order valence-electron chi connectivity index (χ2n) is 4.12. The molecule has 0 saturated carbocycles. The van der Waals surface area contributed by atoms with E-state index in [1.165, 1.54) is 11.8 Å². The summed E-state index contributed by atoms with van der Waals surface area (Å²) in [5.74, 6) is -0.540. The van der Waals surface area contributed by atoms with Gasteiger partial charge in [-0.25, -0.2) is 9.97 Å². The van der Waals surface area contributed by atoms with Crippen molar-refractivity contribution in [2.45, 2.75) is 23.9 Å². The van der Waals surface area contributed by atoms with Gasteiger partial charge >= 0.3 is 0 Å². The number of hydrogen-bond donors (Lipinski definition) is 2. The number of aromatic nitrogens is 2. The first-order valence-electron chi connectivity index (χ1n) is 5.66. The molecule has 1 aromatic heterocycles. The third-order valence-electron chi connectivity index (χ3n) is 2.49. The molecule has 2 rings (SSSR count). The zero-order valence-electron chi connectivity index (χ0n) is 10.7. The topological polar surface area (TPSA) is 94.9 Å². The van der Waals surface area contributed by atoms with Gasteiger partial charge in [-0.15, -0.1) is 0 Å². The van der Waals surface area contributed by atoms with E-state index >= 15 is 0 Å². The monoisotopic (exact) mass is 274 g/mol. The highest BCUT2D eigenvalue weighted by molar-refractivity contribution is 7.99. The van der Waals surface area contributed by atoms with E-state index in [2.05, 4.69) is 9.97 Å². The Morgan fingerprint density at radius 2 is 1.84 bits per heavy atom. The maximum Gasteiger partial charge on any atom is 0.250 e. The highest BCUT2D eigenvalue weighted by Crippen LogP contribution is 2.31. The lowest BCUT2D eigenvalue weighted by atomic mass is 10.2. The Hall–Kier alpha value is -2.08. The van der Waals surface area contributed by atoms with Gasteiger partial charge < -0.3 is 11.5 Å². The number of carbonyl (C=O) groups excluding carboxylic acids is 1. The molecule has 0 saturated heterocycles. The van der Waals surface area contributed by atoms with Crippen LogP contribution in [-0.2, 0) is 0 Å². The lowest BCUT2D eigenvalue weighted by Crippen LogP contribution is -2.13. The Kier molecular flexibility index (Phi) is 3.71. The molecule has 0 aliphatic carbocycles. The van der Waals surface area contributed by atoms with Gasteiger partial charge in [0.15, 0.2) is 5.16 Å². The van der Waals surface area contributed by atoms with Crippen LogP contribution in [0.4, 0.5) is 5.69 Å². The molecular formula is C13H14N4OS. The van der Waals surface area contributed by atoms with Crippen LogP contribution in [0.5, 0.6) is 0 Å². The minimum atomic E-state index is -0.540. The Bertz CT molecular complexity index is 622. The van der Waals surface area contributed by atoms with Crippen molar-refractivity contribution in [2.75, 3.05) is 5.73 Å². The van der Waals surface area contributed by atoms with Crippen LogP contribution in [-0.4, -0.2) is 15.9 Å². The fourth-order valence-corrected chi connectivity index (χ4v) is 2.63. The molecule has 1 aromatic carbocycles. The number of para-hydroxylation sites is 1. The van der Waals surface area contributed by atoms with E-state index in [0.29, 0.717) is 16.4 Å². The van der Waals surface area contributed by atoms with Crippen molar-refractivity contribution in [3.63, 3.8) is 0 Å². The summed E-state index contributed by atoms with van der Waals surface area (Å²) in [6.45, 7) is 3.81. The van der Waals surface area contributed by atoms with E-state index in [9.17, 15) is 4.79 Å². The smallest absolute Gasteiger partial charge is 0.250 e. The Morgan fingerprint density at radius 1 is 1.21 bits per heavy atom. The second-order valence-corrected chi connectivity index (χ2v) is 5.13. The summed E-state index contributed by atoms with van der Waals surface area (Å²) < 4.78 is 0. The molecule has 0 unspecified atom stereocenters. The van der Waals surface area contributed by atoms with Crippen LogP contribution in [0.2, 0.25) is 0 Å². The van der Waals surface area contributed by atoms with Gasteiger partial charge in [0.05, 0.1) is 11.3 Å². The minimum absolute atomic E-state index is 0.314. The van der Waals surface area contributed by atoms with Crippen LogP contribution in [0.15, 0.2) is 34.3 Å². The van der Waals surface area contributed by atoms with Crippen molar-refractivity contribution in [1.29, 1.82) is 0 Å². The SMILES string of the molecule is Cc1cc(C)nc(Sc2cccc(C(N)=O)c2N)n1. The van der Waals surface area contributed by atoms with E-state index < -0.39 is 5.91 Å². The molecule has 0 aliphatic heterocycles. The van der Waals surface area contributed by atoms with Crippen LogP contribution in [0.25, 0.3) is 0 Å². The average molecular weight is 274 g/mol. The van der Waals surface area contributed by atoms with Crippen molar-refractivity contribution in [3.8, 4) is 0 Å². The summed E-state index contributed by atoms with van der Waals surface area (Å²) in [5, 5.41) is 0.603. The molecule has 0 bridgehead atoms. The number of rotatable bonds is 3. The standard InChI is InChI=1S/C13H14N4OS/c1-7-6-8(2)17-13(16-7)19-10-5-3-4-9(11(10)14)12(15)18/h3-6H,14H2,1-2H3,(H2,15,18). The number of amides is 1. The molecule has 5 nitrogen and oxygen atoms in total. The first-order valence-corrected chi connectivity index (χ1v) is 6.47. The predicted octanol–water partition coefficient (Wildman–Crippen LogP) is 1.93. The molecule has 2 aromatic rings. The van der Waals surface area contributed by atoms with Crippen molar-refractivity contribution < 1.29 is 4.79 Å². The molecule has 0 atom stereocenters. The summed E-state index contributed by atoms with van der Waals surface area (Å²) in [6, 6.07) is 7.05. The molecular weight excluding hydrogens is 260 g/mol. The zero-order chi connectivity index (χ0) is 14.0. The van der Waals surface area contributed by atoms with Crippen LogP contribution >= 0.6 is 11.8 Å². The van der Waals surface area contributed by atoms with E-state index in [-0.39, 0.29) is 0 Å². The minimum Gasteiger partial charge on any atom is -0.397 e. The van der Waals surface area contributed by atoms with Crippen molar-refractivity contribution >= 4 is 23.4 Å². The number of aryl methyl sites for hydroxylation is 2. The Morgan fingerprint density at radius 3 is 2.42 bits per heavy atom. The normalized spacial score (nSPS) is 10.4. The average Bonchev–Trinajstić information content (AvgIpc) is 2.30. The van der Waals surface area contributed by atoms with E-state index in [4.69, 9.17) is 11.5 Å². The number of anilines is 1. The van der Waals surface area contributed by atoms with Crippen LogP contribution in [0.3, 0.4) is 0 Å². The van der Waals surface area contributed by atoms with Crippen LogP contribution in [0.1, 0.15) is 21.7 Å². The molecule has 6 heteroatoms. The Balaban J connectivity index is 2.38. The lowest BCUT2D eigenvalue weighted by molar-refractivity contribution is 0.100. The first-order chi connectivity index (χ1) is 8.97. The fourth-order valence-electron chi connectivity index (χ4n) is 1.69. The maximum absolute atomic E-state index is 11.2. The summed E-state index contributed by atoms with van der Waals surface area (Å²) in [6.07, 6.45) is 0. The van der Waals surface area contributed by atoms with Gasteiger partial charge in [0.2, 0.25) is 0 Å². The number of carbonyl (C=O) groups is 1. The van der Waals surface area contributed by atoms with Crippen LogP contribution in [0, 0.1) is 13.8 Å². The molecule has 0 radical (unpaired) electrons. The number of primary amides is 1. The molecule has 0 aliphatic rings. The fraction of sp³-hybridized carbons (Fsp3) is 0.154.